The van der Waals surface area contributed by atoms with Crippen molar-refractivity contribution >= 4 is 33.5 Å². The monoisotopic (exact) mass is 434 g/mol. The number of hydrogen-bond donors (Lipinski definition) is 0. The highest BCUT2D eigenvalue weighted by Gasteiger charge is 2.22. The maximum absolute atomic E-state index is 6.09. The van der Waals surface area contributed by atoms with E-state index in [1.165, 1.54) is 6.42 Å². The number of nitrogens with zero attached hydrogens (tertiary/aromatic N) is 2. The zero-order chi connectivity index (χ0) is 16.4. The largest absolute Gasteiger partial charge is 0.488 e. The van der Waals surface area contributed by atoms with E-state index < -0.39 is 0 Å². The highest BCUT2D eigenvalue weighted by molar-refractivity contribution is 14.1. The quantitative estimate of drug-likeness (QED) is 0.547. The molecule has 1 aliphatic rings. The van der Waals surface area contributed by atoms with E-state index >= 15 is 0 Å². The minimum absolute atomic E-state index is 0.0362. The summed E-state index contributed by atoms with van der Waals surface area (Å²) in [5.41, 5.74) is 2.24. The van der Waals surface area contributed by atoms with Crippen molar-refractivity contribution in [1.82, 2.24) is 9.78 Å². The number of rotatable bonds is 4. The minimum Gasteiger partial charge on any atom is -0.488 e. The lowest BCUT2D eigenvalue weighted by molar-refractivity contribution is -0.0368. The van der Waals surface area contributed by atoms with Crippen LogP contribution >= 0.6 is 22.6 Å². The van der Waals surface area contributed by atoms with Gasteiger partial charge < -0.3 is 9.47 Å². The Morgan fingerprint density at radius 3 is 2.79 bits per heavy atom. The number of hydrogen-bond acceptors (Lipinski definition) is 3. The molecular formula is C19H19IN2O2. The van der Waals surface area contributed by atoms with E-state index in [1.807, 2.05) is 35.0 Å². The zero-order valence-corrected chi connectivity index (χ0v) is 15.5. The van der Waals surface area contributed by atoms with Gasteiger partial charge in [-0.3, -0.25) is 0 Å². The van der Waals surface area contributed by atoms with Gasteiger partial charge in [0.15, 0.2) is 6.23 Å². The topological polar surface area (TPSA) is 36.3 Å². The van der Waals surface area contributed by atoms with Crippen molar-refractivity contribution in [1.29, 1.82) is 0 Å². The van der Waals surface area contributed by atoms with Crippen molar-refractivity contribution in [3.05, 3.63) is 57.8 Å². The van der Waals surface area contributed by atoms with Crippen molar-refractivity contribution in [2.45, 2.75) is 32.1 Å². The molecule has 0 radical (unpaired) electrons. The van der Waals surface area contributed by atoms with Gasteiger partial charge in [0, 0.05) is 6.61 Å². The van der Waals surface area contributed by atoms with Crippen LogP contribution in [0, 0.1) is 3.70 Å². The summed E-state index contributed by atoms with van der Waals surface area (Å²) in [5.74, 6) is 0.878. The maximum atomic E-state index is 6.09. The van der Waals surface area contributed by atoms with Crippen molar-refractivity contribution in [3.63, 3.8) is 0 Å². The second-order valence-corrected chi connectivity index (χ2v) is 7.00. The molecule has 124 valence electrons. The molecule has 0 aliphatic carbocycles. The molecule has 2 aromatic carbocycles. The van der Waals surface area contributed by atoms with E-state index in [1.54, 1.807) is 0 Å². The summed E-state index contributed by atoms with van der Waals surface area (Å²) < 4.78 is 15.0. The Balaban J connectivity index is 1.65. The highest BCUT2D eigenvalue weighted by Crippen LogP contribution is 2.34. The molecule has 0 bridgehead atoms. The summed E-state index contributed by atoms with van der Waals surface area (Å²) >= 11 is 2.29. The molecule has 0 N–H and O–H groups in total. The average molecular weight is 434 g/mol. The van der Waals surface area contributed by atoms with Gasteiger partial charge in [-0.15, -0.1) is 0 Å². The van der Waals surface area contributed by atoms with E-state index in [2.05, 4.69) is 40.8 Å². The normalized spacial score (nSPS) is 18.0. The lowest BCUT2D eigenvalue weighted by Gasteiger charge is -2.23. The van der Waals surface area contributed by atoms with Crippen LogP contribution in [0.15, 0.2) is 48.5 Å². The van der Waals surface area contributed by atoms with Gasteiger partial charge in [-0.25, -0.2) is 4.68 Å². The average Bonchev–Trinajstić information content (AvgIpc) is 2.99. The van der Waals surface area contributed by atoms with Crippen LogP contribution in [0.3, 0.4) is 0 Å². The SMILES string of the molecule is Ic1nn(C2CCCCO2)c2cccc(OCc3ccccc3)c12. The first-order chi connectivity index (χ1) is 11.8. The standard InChI is InChI=1S/C19H19IN2O2/c20-19-18-15(22(21-19)17-11-4-5-12-23-17)9-6-10-16(18)24-13-14-7-2-1-3-8-14/h1-3,6-10,17H,4-5,11-13H2. The van der Waals surface area contributed by atoms with Gasteiger partial charge in [0.1, 0.15) is 16.1 Å². The van der Waals surface area contributed by atoms with E-state index in [9.17, 15) is 0 Å². The predicted octanol–water partition coefficient (Wildman–Crippen LogP) is 4.92. The van der Waals surface area contributed by atoms with Gasteiger partial charge in [0.25, 0.3) is 0 Å². The van der Waals surface area contributed by atoms with Crippen LogP contribution < -0.4 is 4.74 Å². The molecule has 1 saturated heterocycles. The van der Waals surface area contributed by atoms with Crippen molar-refractivity contribution in [2.24, 2.45) is 0 Å². The number of ether oxygens (including phenoxy) is 2. The van der Waals surface area contributed by atoms with Gasteiger partial charge in [0.2, 0.25) is 0 Å². The van der Waals surface area contributed by atoms with Crippen molar-refractivity contribution < 1.29 is 9.47 Å². The first-order valence-corrected chi connectivity index (χ1v) is 9.36. The van der Waals surface area contributed by atoms with E-state index in [0.29, 0.717) is 6.61 Å². The Morgan fingerprint density at radius 2 is 2.00 bits per heavy atom. The summed E-state index contributed by atoms with van der Waals surface area (Å²) in [6.45, 7) is 1.37. The van der Waals surface area contributed by atoms with Crippen LogP contribution in [-0.4, -0.2) is 16.4 Å². The third-order valence-corrected chi connectivity index (χ3v) is 5.07. The third-order valence-electron chi connectivity index (χ3n) is 4.32. The van der Waals surface area contributed by atoms with E-state index in [0.717, 1.165) is 45.4 Å². The van der Waals surface area contributed by atoms with Gasteiger partial charge in [0.05, 0.1) is 10.9 Å². The van der Waals surface area contributed by atoms with Crippen molar-refractivity contribution in [3.8, 4) is 5.75 Å². The highest BCUT2D eigenvalue weighted by atomic mass is 127. The number of halogens is 1. The molecule has 1 atom stereocenters. The Bertz CT molecular complexity index is 826. The second kappa shape index (κ2) is 7.11. The molecule has 2 heterocycles. The smallest absolute Gasteiger partial charge is 0.150 e. The molecular weight excluding hydrogens is 415 g/mol. The van der Waals surface area contributed by atoms with Crippen molar-refractivity contribution in [2.75, 3.05) is 6.61 Å². The predicted molar refractivity (Wildman–Crippen MR) is 102 cm³/mol. The van der Waals surface area contributed by atoms with Gasteiger partial charge >= 0.3 is 0 Å². The van der Waals surface area contributed by atoms with E-state index in [4.69, 9.17) is 14.6 Å². The fourth-order valence-corrected chi connectivity index (χ4v) is 3.88. The Morgan fingerprint density at radius 1 is 1.12 bits per heavy atom. The summed E-state index contributed by atoms with van der Waals surface area (Å²) in [7, 11) is 0. The molecule has 1 unspecified atom stereocenters. The fourth-order valence-electron chi connectivity index (χ4n) is 3.11. The van der Waals surface area contributed by atoms with Crippen LogP contribution in [0.4, 0.5) is 0 Å². The first-order valence-electron chi connectivity index (χ1n) is 8.28. The lowest BCUT2D eigenvalue weighted by Crippen LogP contribution is -2.19. The minimum atomic E-state index is 0.0362. The summed E-state index contributed by atoms with van der Waals surface area (Å²) in [6.07, 6.45) is 3.38. The van der Waals surface area contributed by atoms with E-state index in [-0.39, 0.29) is 6.23 Å². The summed E-state index contributed by atoms with van der Waals surface area (Å²) in [4.78, 5) is 0. The van der Waals surface area contributed by atoms with Crippen LogP contribution in [-0.2, 0) is 11.3 Å². The summed E-state index contributed by atoms with van der Waals surface area (Å²) in [6, 6.07) is 16.4. The van der Waals surface area contributed by atoms with Crippen LogP contribution in [0.5, 0.6) is 5.75 Å². The second-order valence-electron chi connectivity index (χ2n) is 5.98. The molecule has 0 amide bonds. The number of fused-ring (bicyclic) bond motifs is 1. The molecule has 5 heteroatoms. The zero-order valence-electron chi connectivity index (χ0n) is 13.3. The molecule has 3 aromatic rings. The molecule has 1 fully saturated rings. The van der Waals surface area contributed by atoms with Gasteiger partial charge in [-0.2, -0.15) is 5.10 Å². The first kappa shape index (κ1) is 15.9. The Kier molecular flexibility index (Phi) is 4.71. The lowest BCUT2D eigenvalue weighted by atomic mass is 10.2. The Labute approximate surface area is 154 Å². The molecule has 0 spiro atoms. The molecule has 1 aromatic heterocycles. The molecule has 0 saturated carbocycles. The molecule has 4 rings (SSSR count). The Hall–Kier alpha value is -1.60. The fraction of sp³-hybridized carbons (Fsp3) is 0.316. The van der Waals surface area contributed by atoms with Gasteiger partial charge in [-0.05, 0) is 59.5 Å². The number of benzene rings is 2. The third kappa shape index (κ3) is 3.15. The van der Waals surface area contributed by atoms with Crippen LogP contribution in [0.2, 0.25) is 0 Å². The molecule has 4 nitrogen and oxygen atoms in total. The summed E-state index contributed by atoms with van der Waals surface area (Å²) in [5, 5.41) is 5.80. The molecule has 1 aliphatic heterocycles. The van der Waals surface area contributed by atoms with Crippen LogP contribution in [0.25, 0.3) is 10.9 Å². The molecule has 24 heavy (non-hydrogen) atoms. The van der Waals surface area contributed by atoms with Crippen LogP contribution in [0.1, 0.15) is 31.1 Å². The maximum Gasteiger partial charge on any atom is 0.150 e. The number of aromatic nitrogens is 2. The van der Waals surface area contributed by atoms with Gasteiger partial charge in [-0.1, -0.05) is 36.4 Å².